The lowest BCUT2D eigenvalue weighted by atomic mass is 10.1. The first-order chi connectivity index (χ1) is 9.56. The molecule has 0 aromatic heterocycles. The molecule has 1 atom stereocenters. The van der Waals surface area contributed by atoms with Crippen molar-refractivity contribution in [3.05, 3.63) is 23.8 Å². The standard InChI is InChI=1S/C16H24N2O2/c1-11-9-14(17)7-8-15(11)18-16(19)12(2)20-10-13-5-3-4-6-13/h7-9,12-13H,3-6,10,17H2,1-2H3,(H,18,19). The van der Waals surface area contributed by atoms with Crippen molar-refractivity contribution in [2.75, 3.05) is 17.7 Å². The number of amides is 1. The molecule has 1 saturated carbocycles. The minimum absolute atomic E-state index is 0.101. The zero-order valence-electron chi connectivity index (χ0n) is 12.3. The number of hydrogen-bond acceptors (Lipinski definition) is 3. The molecule has 1 aromatic rings. The zero-order chi connectivity index (χ0) is 14.5. The average Bonchev–Trinajstić information content (AvgIpc) is 2.92. The van der Waals surface area contributed by atoms with Gasteiger partial charge in [-0.3, -0.25) is 4.79 Å². The van der Waals surface area contributed by atoms with E-state index >= 15 is 0 Å². The van der Waals surface area contributed by atoms with Gasteiger partial charge in [-0.2, -0.15) is 0 Å². The van der Waals surface area contributed by atoms with E-state index in [1.165, 1.54) is 25.7 Å². The summed E-state index contributed by atoms with van der Waals surface area (Å²) in [7, 11) is 0. The number of rotatable bonds is 5. The van der Waals surface area contributed by atoms with Gasteiger partial charge in [-0.05, 0) is 56.4 Å². The highest BCUT2D eigenvalue weighted by atomic mass is 16.5. The van der Waals surface area contributed by atoms with Crippen molar-refractivity contribution in [1.29, 1.82) is 0 Å². The van der Waals surface area contributed by atoms with Crippen LogP contribution in [0.2, 0.25) is 0 Å². The van der Waals surface area contributed by atoms with Crippen LogP contribution in [0, 0.1) is 12.8 Å². The topological polar surface area (TPSA) is 64.3 Å². The van der Waals surface area contributed by atoms with Crippen molar-refractivity contribution < 1.29 is 9.53 Å². The molecule has 1 aromatic carbocycles. The second-order valence-electron chi connectivity index (χ2n) is 5.69. The van der Waals surface area contributed by atoms with E-state index in [1.807, 2.05) is 19.1 Å². The van der Waals surface area contributed by atoms with Crippen LogP contribution < -0.4 is 11.1 Å². The summed E-state index contributed by atoms with van der Waals surface area (Å²) < 4.78 is 5.69. The van der Waals surface area contributed by atoms with E-state index < -0.39 is 6.10 Å². The third kappa shape index (κ3) is 3.97. The van der Waals surface area contributed by atoms with Crippen molar-refractivity contribution in [2.24, 2.45) is 5.92 Å². The van der Waals surface area contributed by atoms with Crippen LogP contribution in [0.4, 0.5) is 11.4 Å². The van der Waals surface area contributed by atoms with Crippen LogP contribution in [-0.2, 0) is 9.53 Å². The molecule has 3 N–H and O–H groups in total. The van der Waals surface area contributed by atoms with Crippen molar-refractivity contribution in [3.63, 3.8) is 0 Å². The average molecular weight is 276 g/mol. The van der Waals surface area contributed by atoms with E-state index in [2.05, 4.69) is 5.32 Å². The lowest BCUT2D eigenvalue weighted by molar-refractivity contribution is -0.127. The van der Waals surface area contributed by atoms with Crippen LogP contribution in [0.15, 0.2) is 18.2 Å². The molecule has 0 radical (unpaired) electrons. The van der Waals surface area contributed by atoms with Crippen molar-refractivity contribution in [1.82, 2.24) is 0 Å². The van der Waals surface area contributed by atoms with Crippen LogP contribution in [0.3, 0.4) is 0 Å². The van der Waals surface area contributed by atoms with Crippen molar-refractivity contribution in [2.45, 2.75) is 45.6 Å². The molecule has 1 aliphatic rings. The molecule has 0 spiro atoms. The third-order valence-corrected chi connectivity index (χ3v) is 3.93. The highest BCUT2D eigenvalue weighted by Gasteiger charge is 2.19. The van der Waals surface area contributed by atoms with Crippen LogP contribution in [0.5, 0.6) is 0 Å². The molecule has 1 unspecified atom stereocenters. The molecule has 2 rings (SSSR count). The molecule has 0 heterocycles. The van der Waals surface area contributed by atoms with E-state index in [0.29, 0.717) is 18.2 Å². The lowest BCUT2D eigenvalue weighted by Gasteiger charge is -2.17. The van der Waals surface area contributed by atoms with E-state index in [1.54, 1.807) is 13.0 Å². The predicted octanol–water partition coefficient (Wildman–Crippen LogP) is 3.11. The normalized spacial score (nSPS) is 17.1. The molecule has 0 bridgehead atoms. The first-order valence-corrected chi connectivity index (χ1v) is 7.35. The number of hydrogen-bond donors (Lipinski definition) is 2. The number of nitrogens with one attached hydrogen (secondary N) is 1. The van der Waals surface area contributed by atoms with Crippen molar-refractivity contribution >= 4 is 17.3 Å². The van der Waals surface area contributed by atoms with Gasteiger partial charge in [0.25, 0.3) is 5.91 Å². The molecule has 1 aliphatic carbocycles. The summed E-state index contributed by atoms with van der Waals surface area (Å²) >= 11 is 0. The first-order valence-electron chi connectivity index (χ1n) is 7.35. The molecule has 0 saturated heterocycles. The number of nitrogen functional groups attached to an aromatic ring is 1. The number of carbonyl (C=O) groups excluding carboxylic acids is 1. The molecule has 4 heteroatoms. The van der Waals surface area contributed by atoms with E-state index in [9.17, 15) is 4.79 Å². The number of anilines is 2. The third-order valence-electron chi connectivity index (χ3n) is 3.93. The molecule has 1 amide bonds. The summed E-state index contributed by atoms with van der Waals surface area (Å²) in [5, 5.41) is 2.89. The fraction of sp³-hybridized carbons (Fsp3) is 0.562. The maximum absolute atomic E-state index is 12.1. The minimum Gasteiger partial charge on any atom is -0.399 e. The van der Waals surface area contributed by atoms with Crippen LogP contribution >= 0.6 is 0 Å². The molecule has 110 valence electrons. The second-order valence-corrected chi connectivity index (χ2v) is 5.69. The maximum Gasteiger partial charge on any atom is 0.253 e. The Morgan fingerprint density at radius 2 is 2.15 bits per heavy atom. The largest absolute Gasteiger partial charge is 0.399 e. The lowest BCUT2D eigenvalue weighted by Crippen LogP contribution is -2.29. The second kappa shape index (κ2) is 6.75. The first kappa shape index (κ1) is 14.9. The quantitative estimate of drug-likeness (QED) is 0.812. The van der Waals surface area contributed by atoms with E-state index in [0.717, 1.165) is 11.3 Å². The Morgan fingerprint density at radius 3 is 2.80 bits per heavy atom. The number of aryl methyl sites for hydroxylation is 1. The Balaban J connectivity index is 1.83. The molecule has 4 nitrogen and oxygen atoms in total. The van der Waals surface area contributed by atoms with Gasteiger partial charge in [-0.1, -0.05) is 12.8 Å². The zero-order valence-corrected chi connectivity index (χ0v) is 12.3. The monoisotopic (exact) mass is 276 g/mol. The summed E-state index contributed by atoms with van der Waals surface area (Å²) in [6, 6.07) is 5.46. The van der Waals surface area contributed by atoms with E-state index in [4.69, 9.17) is 10.5 Å². The Labute approximate surface area is 120 Å². The highest BCUT2D eigenvalue weighted by molar-refractivity contribution is 5.94. The Hall–Kier alpha value is -1.55. The number of carbonyl (C=O) groups is 1. The van der Waals surface area contributed by atoms with Crippen LogP contribution in [-0.4, -0.2) is 18.6 Å². The summed E-state index contributed by atoms with van der Waals surface area (Å²) in [4.78, 5) is 12.1. The number of ether oxygens (including phenoxy) is 1. The summed E-state index contributed by atoms with van der Waals surface area (Å²) in [5.41, 5.74) is 8.15. The van der Waals surface area contributed by atoms with Gasteiger partial charge in [-0.25, -0.2) is 0 Å². The minimum atomic E-state index is -0.424. The van der Waals surface area contributed by atoms with Gasteiger partial charge >= 0.3 is 0 Å². The number of nitrogens with two attached hydrogens (primary N) is 1. The van der Waals surface area contributed by atoms with Crippen molar-refractivity contribution in [3.8, 4) is 0 Å². The number of benzene rings is 1. The summed E-state index contributed by atoms with van der Waals surface area (Å²) in [6.07, 6.45) is 4.61. The Morgan fingerprint density at radius 1 is 1.45 bits per heavy atom. The summed E-state index contributed by atoms with van der Waals surface area (Å²) in [6.45, 7) is 4.42. The fourth-order valence-electron chi connectivity index (χ4n) is 2.59. The highest BCUT2D eigenvalue weighted by Crippen LogP contribution is 2.25. The molecule has 20 heavy (non-hydrogen) atoms. The fourth-order valence-corrected chi connectivity index (χ4v) is 2.59. The van der Waals surface area contributed by atoms with Gasteiger partial charge in [-0.15, -0.1) is 0 Å². The van der Waals surface area contributed by atoms with Gasteiger partial charge in [0.05, 0.1) is 6.61 Å². The van der Waals surface area contributed by atoms with Gasteiger partial charge in [0.2, 0.25) is 0 Å². The van der Waals surface area contributed by atoms with Gasteiger partial charge in [0.1, 0.15) is 6.10 Å². The van der Waals surface area contributed by atoms with E-state index in [-0.39, 0.29) is 5.91 Å². The molecular weight excluding hydrogens is 252 g/mol. The van der Waals surface area contributed by atoms with Gasteiger partial charge in [0, 0.05) is 11.4 Å². The van der Waals surface area contributed by atoms with Gasteiger partial charge in [0.15, 0.2) is 0 Å². The summed E-state index contributed by atoms with van der Waals surface area (Å²) in [5.74, 6) is 0.527. The smallest absolute Gasteiger partial charge is 0.253 e. The van der Waals surface area contributed by atoms with Crippen LogP contribution in [0.25, 0.3) is 0 Å². The maximum atomic E-state index is 12.1. The van der Waals surface area contributed by atoms with Gasteiger partial charge < -0.3 is 15.8 Å². The SMILES string of the molecule is Cc1cc(N)ccc1NC(=O)C(C)OCC1CCCC1. The Bertz CT molecular complexity index is 468. The Kier molecular flexibility index (Phi) is 5.01. The molecular formula is C16H24N2O2. The molecule has 0 aliphatic heterocycles. The molecule has 1 fully saturated rings. The van der Waals surface area contributed by atoms with Crippen LogP contribution in [0.1, 0.15) is 38.2 Å². The predicted molar refractivity (Wildman–Crippen MR) is 81.6 cm³/mol.